The SMILES string of the molecule is OC1c2ccccc2CCC1OCC1CCCC1. The van der Waals surface area contributed by atoms with Gasteiger partial charge in [0.15, 0.2) is 0 Å². The normalized spacial score (nSPS) is 28.3. The molecule has 2 aliphatic carbocycles. The fraction of sp³-hybridized carbons (Fsp3) is 0.625. The Hall–Kier alpha value is -0.860. The van der Waals surface area contributed by atoms with Crippen LogP contribution in [-0.2, 0) is 11.2 Å². The first-order chi connectivity index (χ1) is 8.84. The van der Waals surface area contributed by atoms with Gasteiger partial charge in [-0.05, 0) is 42.7 Å². The Labute approximate surface area is 109 Å². The van der Waals surface area contributed by atoms with Crippen LogP contribution in [0.15, 0.2) is 24.3 Å². The van der Waals surface area contributed by atoms with Crippen molar-refractivity contribution in [3.63, 3.8) is 0 Å². The highest BCUT2D eigenvalue weighted by Gasteiger charge is 2.29. The minimum atomic E-state index is -0.434. The zero-order valence-corrected chi connectivity index (χ0v) is 10.8. The van der Waals surface area contributed by atoms with Crippen molar-refractivity contribution in [2.24, 2.45) is 5.92 Å². The van der Waals surface area contributed by atoms with Crippen molar-refractivity contribution in [2.45, 2.75) is 50.7 Å². The number of fused-ring (bicyclic) bond motifs is 1. The summed E-state index contributed by atoms with van der Waals surface area (Å²) in [6.45, 7) is 0.837. The summed E-state index contributed by atoms with van der Waals surface area (Å²) < 4.78 is 5.99. The van der Waals surface area contributed by atoms with E-state index in [1.165, 1.54) is 31.2 Å². The van der Waals surface area contributed by atoms with Gasteiger partial charge in [0.05, 0.1) is 6.10 Å². The average molecular weight is 246 g/mol. The molecule has 0 spiro atoms. The second-order valence-electron chi connectivity index (χ2n) is 5.70. The van der Waals surface area contributed by atoms with E-state index >= 15 is 0 Å². The molecule has 98 valence electrons. The monoisotopic (exact) mass is 246 g/mol. The summed E-state index contributed by atoms with van der Waals surface area (Å²) in [4.78, 5) is 0. The summed E-state index contributed by atoms with van der Waals surface area (Å²) in [5, 5.41) is 10.4. The molecule has 3 rings (SSSR count). The minimum absolute atomic E-state index is 0.000463. The van der Waals surface area contributed by atoms with E-state index in [9.17, 15) is 5.11 Å². The summed E-state index contributed by atoms with van der Waals surface area (Å²) in [6, 6.07) is 8.20. The zero-order valence-electron chi connectivity index (χ0n) is 10.8. The Morgan fingerprint density at radius 1 is 1.11 bits per heavy atom. The second-order valence-corrected chi connectivity index (χ2v) is 5.70. The molecule has 0 aromatic heterocycles. The van der Waals surface area contributed by atoms with Gasteiger partial charge in [-0.25, -0.2) is 0 Å². The largest absolute Gasteiger partial charge is 0.386 e. The third kappa shape index (κ3) is 2.45. The van der Waals surface area contributed by atoms with Gasteiger partial charge < -0.3 is 9.84 Å². The fourth-order valence-electron chi connectivity index (χ4n) is 3.32. The maximum atomic E-state index is 10.4. The Bertz CT molecular complexity index is 396. The second kappa shape index (κ2) is 5.41. The Kier molecular flexibility index (Phi) is 3.67. The first-order valence-electron chi connectivity index (χ1n) is 7.22. The molecule has 1 aromatic carbocycles. The molecule has 1 fully saturated rings. The van der Waals surface area contributed by atoms with Crippen LogP contribution in [0.4, 0.5) is 0 Å². The number of aryl methyl sites for hydroxylation is 1. The smallest absolute Gasteiger partial charge is 0.105 e. The summed E-state index contributed by atoms with van der Waals surface area (Å²) in [6.07, 6.45) is 6.86. The molecule has 0 radical (unpaired) electrons. The van der Waals surface area contributed by atoms with E-state index in [0.29, 0.717) is 0 Å². The van der Waals surface area contributed by atoms with Gasteiger partial charge in [0, 0.05) is 6.61 Å². The van der Waals surface area contributed by atoms with Crippen LogP contribution in [0.2, 0.25) is 0 Å². The van der Waals surface area contributed by atoms with Crippen molar-refractivity contribution in [2.75, 3.05) is 6.61 Å². The van der Waals surface area contributed by atoms with Crippen LogP contribution < -0.4 is 0 Å². The topological polar surface area (TPSA) is 29.5 Å². The highest BCUT2D eigenvalue weighted by Crippen LogP contribution is 2.33. The molecular weight excluding hydrogens is 224 g/mol. The summed E-state index contributed by atoms with van der Waals surface area (Å²) >= 11 is 0. The van der Waals surface area contributed by atoms with Crippen molar-refractivity contribution < 1.29 is 9.84 Å². The van der Waals surface area contributed by atoms with Crippen molar-refractivity contribution in [1.29, 1.82) is 0 Å². The Morgan fingerprint density at radius 2 is 1.89 bits per heavy atom. The lowest BCUT2D eigenvalue weighted by Gasteiger charge is -2.30. The van der Waals surface area contributed by atoms with Crippen LogP contribution in [0, 0.1) is 5.92 Å². The molecule has 0 heterocycles. The summed E-state index contributed by atoms with van der Waals surface area (Å²) in [5.74, 6) is 0.731. The van der Waals surface area contributed by atoms with Gasteiger partial charge in [-0.1, -0.05) is 37.1 Å². The lowest BCUT2D eigenvalue weighted by Crippen LogP contribution is -2.29. The Morgan fingerprint density at radius 3 is 2.72 bits per heavy atom. The van der Waals surface area contributed by atoms with Gasteiger partial charge in [-0.15, -0.1) is 0 Å². The first-order valence-corrected chi connectivity index (χ1v) is 7.22. The molecular formula is C16H22O2. The highest BCUT2D eigenvalue weighted by atomic mass is 16.5. The Balaban J connectivity index is 1.61. The number of aliphatic hydroxyl groups is 1. The molecule has 2 heteroatoms. The third-order valence-electron chi connectivity index (χ3n) is 4.44. The van der Waals surface area contributed by atoms with Crippen molar-refractivity contribution in [1.82, 2.24) is 0 Å². The van der Waals surface area contributed by atoms with Crippen molar-refractivity contribution in [3.8, 4) is 0 Å². The maximum absolute atomic E-state index is 10.4. The quantitative estimate of drug-likeness (QED) is 0.887. The molecule has 0 saturated heterocycles. The number of hydrogen-bond acceptors (Lipinski definition) is 2. The van der Waals surface area contributed by atoms with E-state index < -0.39 is 6.10 Å². The van der Waals surface area contributed by atoms with Crippen molar-refractivity contribution >= 4 is 0 Å². The van der Waals surface area contributed by atoms with E-state index in [-0.39, 0.29) is 6.10 Å². The number of benzene rings is 1. The molecule has 1 N–H and O–H groups in total. The minimum Gasteiger partial charge on any atom is -0.386 e. The average Bonchev–Trinajstić information content (AvgIpc) is 2.91. The third-order valence-corrected chi connectivity index (χ3v) is 4.44. The van der Waals surface area contributed by atoms with Crippen LogP contribution in [-0.4, -0.2) is 17.8 Å². The van der Waals surface area contributed by atoms with Gasteiger partial charge >= 0.3 is 0 Å². The molecule has 0 bridgehead atoms. The molecule has 18 heavy (non-hydrogen) atoms. The van der Waals surface area contributed by atoms with Crippen LogP contribution >= 0.6 is 0 Å². The van der Waals surface area contributed by atoms with Crippen LogP contribution in [0.25, 0.3) is 0 Å². The van der Waals surface area contributed by atoms with Crippen LogP contribution in [0.5, 0.6) is 0 Å². The van der Waals surface area contributed by atoms with E-state index in [1.54, 1.807) is 0 Å². The molecule has 2 atom stereocenters. The van der Waals surface area contributed by atoms with Gasteiger partial charge in [0.25, 0.3) is 0 Å². The van der Waals surface area contributed by atoms with Crippen LogP contribution in [0.1, 0.15) is 49.3 Å². The van der Waals surface area contributed by atoms with E-state index in [0.717, 1.165) is 30.9 Å². The molecule has 2 unspecified atom stereocenters. The fourth-order valence-corrected chi connectivity index (χ4v) is 3.32. The maximum Gasteiger partial charge on any atom is 0.105 e. The van der Waals surface area contributed by atoms with Gasteiger partial charge in [-0.3, -0.25) is 0 Å². The van der Waals surface area contributed by atoms with Gasteiger partial charge in [0.1, 0.15) is 6.10 Å². The summed E-state index contributed by atoms with van der Waals surface area (Å²) in [7, 11) is 0. The molecule has 1 saturated carbocycles. The molecule has 2 nitrogen and oxygen atoms in total. The van der Waals surface area contributed by atoms with Crippen LogP contribution in [0.3, 0.4) is 0 Å². The van der Waals surface area contributed by atoms with E-state index in [4.69, 9.17) is 4.74 Å². The predicted octanol–water partition coefficient (Wildman–Crippen LogP) is 3.24. The molecule has 1 aromatic rings. The zero-order chi connectivity index (χ0) is 12.4. The number of aliphatic hydroxyl groups excluding tert-OH is 1. The van der Waals surface area contributed by atoms with Gasteiger partial charge in [-0.2, -0.15) is 0 Å². The van der Waals surface area contributed by atoms with E-state index in [1.807, 2.05) is 18.2 Å². The lowest BCUT2D eigenvalue weighted by atomic mass is 9.87. The standard InChI is InChI=1S/C16H22O2/c17-16-14-8-4-3-7-13(14)9-10-15(16)18-11-12-5-1-2-6-12/h3-4,7-8,12,15-17H,1-2,5-6,9-11H2. The molecule has 2 aliphatic rings. The highest BCUT2D eigenvalue weighted by molar-refractivity contribution is 5.32. The summed E-state index contributed by atoms with van der Waals surface area (Å²) in [5.41, 5.74) is 2.35. The molecule has 0 aliphatic heterocycles. The molecule has 0 amide bonds. The predicted molar refractivity (Wildman–Crippen MR) is 71.4 cm³/mol. The lowest BCUT2D eigenvalue weighted by molar-refractivity contribution is -0.0591. The van der Waals surface area contributed by atoms with E-state index in [2.05, 4.69) is 6.07 Å². The number of rotatable bonds is 3. The number of ether oxygens (including phenoxy) is 1. The number of hydrogen-bond donors (Lipinski definition) is 1. The first kappa shape index (κ1) is 12.2. The van der Waals surface area contributed by atoms with Gasteiger partial charge in [0.2, 0.25) is 0 Å². The van der Waals surface area contributed by atoms with Crippen molar-refractivity contribution in [3.05, 3.63) is 35.4 Å².